The van der Waals surface area contributed by atoms with Crippen molar-refractivity contribution >= 4 is 22.1 Å². The Morgan fingerprint density at radius 1 is 0.628 bits per heavy atom. The molecular formula is C38H32N4O. The molecule has 0 bridgehead atoms. The molecule has 0 spiro atoms. The van der Waals surface area contributed by atoms with Gasteiger partial charge >= 0.3 is 0 Å². The van der Waals surface area contributed by atoms with E-state index in [0.717, 1.165) is 63.6 Å². The lowest BCUT2D eigenvalue weighted by molar-refractivity contribution is 0.254. The molecular weight excluding hydrogens is 528 g/mol. The summed E-state index contributed by atoms with van der Waals surface area (Å²) in [7, 11) is 0. The van der Waals surface area contributed by atoms with E-state index in [4.69, 9.17) is 14.7 Å². The summed E-state index contributed by atoms with van der Waals surface area (Å²) in [5, 5.41) is 0. The molecule has 43 heavy (non-hydrogen) atoms. The summed E-state index contributed by atoms with van der Waals surface area (Å²) < 4.78 is 11.0. The maximum absolute atomic E-state index is 6.44. The Balaban J connectivity index is 1.17. The van der Waals surface area contributed by atoms with Crippen LogP contribution in [0.1, 0.15) is 18.0 Å². The topological polar surface area (TPSA) is 44.9 Å². The van der Waals surface area contributed by atoms with Crippen LogP contribution in [0.2, 0.25) is 0 Å². The van der Waals surface area contributed by atoms with Crippen molar-refractivity contribution in [1.29, 1.82) is 0 Å². The molecule has 0 aliphatic carbocycles. The molecule has 1 atom stereocenters. The molecule has 210 valence electrons. The second kappa shape index (κ2) is 11.8. The average molecular weight is 561 g/mol. The Kier molecular flexibility index (Phi) is 7.28. The van der Waals surface area contributed by atoms with Gasteiger partial charge in [0, 0.05) is 17.7 Å². The molecule has 7 rings (SSSR count). The highest BCUT2D eigenvalue weighted by molar-refractivity contribution is 5.82. The predicted octanol–water partition coefficient (Wildman–Crippen LogP) is 8.96. The van der Waals surface area contributed by atoms with Gasteiger partial charge < -0.3 is 13.9 Å². The van der Waals surface area contributed by atoms with Gasteiger partial charge in [-0.1, -0.05) is 91.0 Å². The number of imidazole rings is 2. The van der Waals surface area contributed by atoms with Crippen LogP contribution in [-0.2, 0) is 6.54 Å². The molecule has 5 aromatic carbocycles. The minimum absolute atomic E-state index is 0.0230. The molecule has 0 unspecified atom stereocenters. The van der Waals surface area contributed by atoms with E-state index in [-0.39, 0.29) is 6.04 Å². The second-order valence-corrected chi connectivity index (χ2v) is 10.7. The number of allylic oxidation sites excluding steroid dienone is 1. The summed E-state index contributed by atoms with van der Waals surface area (Å²) in [4.78, 5) is 10.0. The lowest BCUT2D eigenvalue weighted by Crippen LogP contribution is -2.18. The van der Waals surface area contributed by atoms with Crippen LogP contribution in [-0.4, -0.2) is 25.7 Å². The van der Waals surface area contributed by atoms with Gasteiger partial charge in [0.2, 0.25) is 0 Å². The number of ether oxygens (including phenoxy) is 1. The minimum Gasteiger partial charge on any atom is -0.491 e. The number of benzene rings is 5. The van der Waals surface area contributed by atoms with Gasteiger partial charge in [-0.25, -0.2) is 9.97 Å². The molecule has 5 heteroatoms. The van der Waals surface area contributed by atoms with Gasteiger partial charge in [-0.05, 0) is 60.5 Å². The lowest BCUT2D eigenvalue weighted by atomic mass is 10.1. The monoisotopic (exact) mass is 560 g/mol. The molecule has 0 amide bonds. The number of para-hydroxylation sites is 4. The lowest BCUT2D eigenvalue weighted by Gasteiger charge is -2.21. The number of hydrogen-bond acceptors (Lipinski definition) is 3. The first-order valence-electron chi connectivity index (χ1n) is 14.6. The van der Waals surface area contributed by atoms with Crippen LogP contribution in [0.5, 0.6) is 5.75 Å². The number of nitrogens with zero attached hydrogens (tertiary/aromatic N) is 4. The molecule has 0 fully saturated rings. The molecule has 0 saturated heterocycles. The molecule has 0 aliphatic rings. The number of rotatable bonds is 10. The van der Waals surface area contributed by atoms with E-state index in [9.17, 15) is 0 Å². The van der Waals surface area contributed by atoms with Crippen molar-refractivity contribution in [3.63, 3.8) is 0 Å². The van der Waals surface area contributed by atoms with Gasteiger partial charge in [0.05, 0.1) is 28.1 Å². The molecule has 0 aliphatic heterocycles. The maximum Gasteiger partial charge on any atom is 0.141 e. The van der Waals surface area contributed by atoms with E-state index >= 15 is 0 Å². The van der Waals surface area contributed by atoms with Gasteiger partial charge in [0.1, 0.15) is 24.0 Å². The van der Waals surface area contributed by atoms with Gasteiger partial charge in [0.15, 0.2) is 0 Å². The van der Waals surface area contributed by atoms with Crippen molar-refractivity contribution in [1.82, 2.24) is 19.1 Å². The van der Waals surface area contributed by atoms with E-state index in [2.05, 4.69) is 101 Å². The first-order chi connectivity index (χ1) is 21.3. The summed E-state index contributed by atoms with van der Waals surface area (Å²) in [6.07, 6.45) is 2.71. The first-order valence-corrected chi connectivity index (χ1v) is 14.6. The molecule has 0 radical (unpaired) electrons. The summed E-state index contributed by atoms with van der Waals surface area (Å²) in [6, 6.07) is 45.7. The highest BCUT2D eigenvalue weighted by Crippen LogP contribution is 2.32. The zero-order chi connectivity index (χ0) is 29.0. The number of fused-ring (bicyclic) bond motifs is 2. The van der Waals surface area contributed by atoms with Crippen LogP contribution in [0.3, 0.4) is 0 Å². The molecule has 0 saturated carbocycles. The summed E-state index contributed by atoms with van der Waals surface area (Å²) in [5.74, 6) is 2.69. The SMILES string of the molecule is C=CC[C@H](COc1ccc(-c2nc3ccccc3n2Cc2ccccc2)cc1)n1c(-c2ccccc2)nc2ccccc21. The second-order valence-electron chi connectivity index (χ2n) is 10.7. The Morgan fingerprint density at radius 3 is 1.93 bits per heavy atom. The Bertz CT molecular complexity index is 1990. The third kappa shape index (κ3) is 5.33. The van der Waals surface area contributed by atoms with E-state index < -0.39 is 0 Å². The van der Waals surface area contributed by atoms with Crippen molar-refractivity contribution in [3.05, 3.63) is 152 Å². The maximum atomic E-state index is 6.44. The third-order valence-electron chi connectivity index (χ3n) is 7.82. The van der Waals surface area contributed by atoms with E-state index in [1.54, 1.807) is 0 Å². The summed E-state index contributed by atoms with van der Waals surface area (Å²) >= 11 is 0. The largest absolute Gasteiger partial charge is 0.491 e. The normalized spacial score (nSPS) is 12.0. The molecule has 7 aromatic rings. The van der Waals surface area contributed by atoms with Crippen molar-refractivity contribution in [3.8, 4) is 28.5 Å². The van der Waals surface area contributed by atoms with Crippen LogP contribution in [0.4, 0.5) is 0 Å². The zero-order valence-electron chi connectivity index (χ0n) is 23.9. The van der Waals surface area contributed by atoms with Gasteiger partial charge in [-0.15, -0.1) is 6.58 Å². The van der Waals surface area contributed by atoms with Crippen molar-refractivity contribution in [2.75, 3.05) is 6.61 Å². The standard InChI is InChI=1S/C38H32N4O/c1-2-13-31(42-36-21-12-10-19-34(36)40-38(42)29-16-7-4-8-17-29)27-43-32-24-22-30(23-25-32)37-39-33-18-9-11-20-35(33)41(37)26-28-14-5-3-6-15-28/h2-12,14-25,31H,1,13,26-27H2/t31-/m1/s1. The fourth-order valence-corrected chi connectivity index (χ4v) is 5.76. The van der Waals surface area contributed by atoms with Crippen molar-refractivity contribution < 1.29 is 4.74 Å². The van der Waals surface area contributed by atoms with Crippen LogP contribution in [0.25, 0.3) is 44.8 Å². The smallest absolute Gasteiger partial charge is 0.141 e. The Labute approximate surface area is 251 Å². The fraction of sp³-hybridized carbons (Fsp3) is 0.105. The van der Waals surface area contributed by atoms with Crippen LogP contribution >= 0.6 is 0 Å². The third-order valence-corrected chi connectivity index (χ3v) is 7.82. The molecule has 2 heterocycles. The van der Waals surface area contributed by atoms with Crippen molar-refractivity contribution in [2.45, 2.75) is 19.0 Å². The van der Waals surface area contributed by atoms with Crippen LogP contribution in [0, 0.1) is 0 Å². The number of hydrogen-bond donors (Lipinski definition) is 0. The van der Waals surface area contributed by atoms with Crippen LogP contribution < -0.4 is 4.74 Å². The molecule has 5 nitrogen and oxygen atoms in total. The van der Waals surface area contributed by atoms with Gasteiger partial charge in [-0.3, -0.25) is 0 Å². The predicted molar refractivity (Wildman–Crippen MR) is 175 cm³/mol. The number of aromatic nitrogens is 4. The van der Waals surface area contributed by atoms with Gasteiger partial charge in [-0.2, -0.15) is 0 Å². The molecule has 2 aromatic heterocycles. The highest BCUT2D eigenvalue weighted by Gasteiger charge is 2.20. The average Bonchev–Trinajstić information content (AvgIpc) is 3.63. The van der Waals surface area contributed by atoms with Crippen LogP contribution in [0.15, 0.2) is 146 Å². The van der Waals surface area contributed by atoms with Crippen molar-refractivity contribution in [2.24, 2.45) is 0 Å². The van der Waals surface area contributed by atoms with E-state index in [1.807, 2.05) is 54.6 Å². The Hall–Kier alpha value is -5.42. The highest BCUT2D eigenvalue weighted by atomic mass is 16.5. The summed E-state index contributed by atoms with van der Waals surface area (Å²) in [6.45, 7) is 5.29. The van der Waals surface area contributed by atoms with Gasteiger partial charge in [0.25, 0.3) is 0 Å². The summed E-state index contributed by atoms with van der Waals surface area (Å²) in [5.41, 5.74) is 7.53. The quantitative estimate of drug-likeness (QED) is 0.157. The molecule has 0 N–H and O–H groups in total. The Morgan fingerprint density at radius 2 is 1.21 bits per heavy atom. The zero-order valence-corrected chi connectivity index (χ0v) is 23.9. The van der Waals surface area contributed by atoms with E-state index in [1.165, 1.54) is 5.56 Å². The van der Waals surface area contributed by atoms with E-state index in [0.29, 0.717) is 6.61 Å². The minimum atomic E-state index is 0.0230. The first kappa shape index (κ1) is 26.5. The fourth-order valence-electron chi connectivity index (χ4n) is 5.76.